The molecule has 0 aromatic rings. The molecule has 0 heterocycles. The van der Waals surface area contributed by atoms with Crippen LogP contribution < -0.4 is 5.32 Å². The van der Waals surface area contributed by atoms with Crippen LogP contribution in [0.2, 0.25) is 0 Å². The molecule has 8 nitrogen and oxygen atoms in total. The van der Waals surface area contributed by atoms with Crippen molar-refractivity contribution in [3.8, 4) is 0 Å². The second-order valence-electron chi connectivity index (χ2n) is 17.1. The fraction of sp³-hybridized carbons (Fsp3) is 0.933. The highest BCUT2D eigenvalue weighted by atomic mass is 31.2. The molecule has 322 valence electrons. The smallest absolute Gasteiger partial charge is 0.387 e. The molecule has 54 heavy (non-hydrogen) atoms. The van der Waals surface area contributed by atoms with E-state index in [1.165, 1.54) is 161 Å². The van der Waals surface area contributed by atoms with Crippen molar-refractivity contribution < 1.29 is 32.9 Å². The molecular formula is C45H92N2O6P+. The molecule has 0 aliphatic carbocycles. The molecule has 0 aromatic carbocycles. The van der Waals surface area contributed by atoms with Gasteiger partial charge in [0.15, 0.2) is 0 Å². The Morgan fingerprint density at radius 1 is 0.611 bits per heavy atom. The van der Waals surface area contributed by atoms with Crippen molar-refractivity contribution in [1.82, 2.24) is 5.32 Å². The van der Waals surface area contributed by atoms with E-state index in [1.54, 1.807) is 6.08 Å². The van der Waals surface area contributed by atoms with Gasteiger partial charge in [-0.05, 0) is 19.3 Å². The number of nitrogens with one attached hydrogen (secondary N) is 1. The minimum absolute atomic E-state index is 0.0646. The summed E-state index contributed by atoms with van der Waals surface area (Å²) in [5, 5.41) is 13.8. The second kappa shape index (κ2) is 37.8. The number of phosphoric acid groups is 1. The molecule has 1 amide bonds. The molecule has 0 aliphatic heterocycles. The van der Waals surface area contributed by atoms with E-state index in [4.69, 9.17) is 9.05 Å². The van der Waals surface area contributed by atoms with Crippen LogP contribution >= 0.6 is 7.82 Å². The molecule has 3 N–H and O–H groups in total. The van der Waals surface area contributed by atoms with Crippen LogP contribution in [-0.2, 0) is 18.4 Å². The Morgan fingerprint density at radius 3 is 1.37 bits per heavy atom. The lowest BCUT2D eigenvalue weighted by Gasteiger charge is -2.25. The van der Waals surface area contributed by atoms with Gasteiger partial charge >= 0.3 is 7.82 Å². The Balaban J connectivity index is 4.32. The third-order valence-electron chi connectivity index (χ3n) is 10.5. The SMILES string of the molecule is CCCCCCCCCCCCCC=C[C@@H](O)[C@H](COP(=O)(O)OCC[N+](C)(C)C)NC(=O)CCCCCCCCCCCCCCCCCCCCC. The third-order valence-corrected chi connectivity index (χ3v) is 11.5. The van der Waals surface area contributed by atoms with Gasteiger partial charge in [-0.15, -0.1) is 0 Å². The Morgan fingerprint density at radius 2 is 0.981 bits per heavy atom. The number of unbranched alkanes of at least 4 members (excludes halogenated alkanes) is 29. The van der Waals surface area contributed by atoms with Gasteiger partial charge < -0.3 is 19.8 Å². The normalized spacial score (nSPS) is 14.4. The summed E-state index contributed by atoms with van der Waals surface area (Å²) in [6.07, 6.45) is 42.8. The fourth-order valence-electron chi connectivity index (χ4n) is 6.81. The lowest BCUT2D eigenvalue weighted by molar-refractivity contribution is -0.870. The van der Waals surface area contributed by atoms with Crippen LogP contribution in [0.15, 0.2) is 12.2 Å². The summed E-state index contributed by atoms with van der Waals surface area (Å²) in [6, 6.07) is -0.839. The Bertz CT molecular complexity index is 896. The van der Waals surface area contributed by atoms with Gasteiger partial charge in [0.2, 0.25) is 5.91 Å². The van der Waals surface area contributed by atoms with Gasteiger partial charge in [0.05, 0.1) is 39.9 Å². The molecule has 9 heteroatoms. The molecule has 0 spiro atoms. The number of rotatable bonds is 42. The van der Waals surface area contributed by atoms with E-state index < -0.39 is 20.0 Å². The standard InChI is InChI=1S/C45H91N2O6P/c1-6-8-10-12-14-16-18-20-21-22-23-24-25-27-29-31-33-35-37-39-45(49)46-43(42-53-54(50,51)52-41-40-47(3,4)5)44(48)38-36-34-32-30-28-26-19-17-15-13-11-9-7-2/h36,38,43-44,48H,6-35,37,39-42H2,1-5H3,(H-,46,49,50,51)/p+1/t43-,44+/m0/s1. The number of nitrogens with zero attached hydrogens (tertiary/aromatic N) is 1. The molecule has 0 bridgehead atoms. The van der Waals surface area contributed by atoms with E-state index in [0.29, 0.717) is 17.4 Å². The molecule has 0 fully saturated rings. The van der Waals surface area contributed by atoms with Gasteiger partial charge in [-0.25, -0.2) is 4.57 Å². The molecule has 0 saturated carbocycles. The van der Waals surface area contributed by atoms with Gasteiger partial charge in [0.1, 0.15) is 13.2 Å². The van der Waals surface area contributed by atoms with Crippen molar-refractivity contribution in [3.05, 3.63) is 12.2 Å². The minimum Gasteiger partial charge on any atom is -0.387 e. The zero-order chi connectivity index (χ0) is 40.0. The van der Waals surface area contributed by atoms with Crippen LogP contribution in [-0.4, -0.2) is 73.4 Å². The first kappa shape index (κ1) is 53.2. The molecule has 0 saturated heterocycles. The van der Waals surface area contributed by atoms with Crippen molar-refractivity contribution >= 4 is 13.7 Å². The van der Waals surface area contributed by atoms with E-state index >= 15 is 0 Å². The zero-order valence-corrected chi connectivity index (χ0v) is 37.4. The molecule has 0 aliphatic rings. The molecular weight excluding hydrogens is 695 g/mol. The predicted molar refractivity (Wildman–Crippen MR) is 231 cm³/mol. The summed E-state index contributed by atoms with van der Waals surface area (Å²) >= 11 is 0. The maximum Gasteiger partial charge on any atom is 0.472 e. The van der Waals surface area contributed by atoms with Crippen LogP contribution in [0.5, 0.6) is 0 Å². The van der Waals surface area contributed by atoms with E-state index in [1.807, 2.05) is 27.2 Å². The summed E-state index contributed by atoms with van der Waals surface area (Å²) in [5.41, 5.74) is 0. The first-order valence-electron chi connectivity index (χ1n) is 23.1. The van der Waals surface area contributed by atoms with Crippen molar-refractivity contribution in [2.45, 2.75) is 231 Å². The summed E-state index contributed by atoms with van der Waals surface area (Å²) in [5.74, 6) is -0.174. The topological polar surface area (TPSA) is 105 Å². The van der Waals surface area contributed by atoms with Gasteiger partial charge in [-0.2, -0.15) is 0 Å². The lowest BCUT2D eigenvalue weighted by atomic mass is 10.0. The molecule has 0 rings (SSSR count). The highest BCUT2D eigenvalue weighted by molar-refractivity contribution is 7.47. The Kier molecular flexibility index (Phi) is 37.3. The highest BCUT2D eigenvalue weighted by Gasteiger charge is 2.27. The summed E-state index contributed by atoms with van der Waals surface area (Å²) < 4.78 is 23.6. The van der Waals surface area contributed by atoms with E-state index in [9.17, 15) is 19.4 Å². The van der Waals surface area contributed by atoms with E-state index in [0.717, 1.165) is 38.5 Å². The Hall–Kier alpha value is -0.760. The maximum absolute atomic E-state index is 12.9. The number of hydrogen-bond donors (Lipinski definition) is 3. The number of allylic oxidation sites excluding steroid dienone is 1. The first-order valence-corrected chi connectivity index (χ1v) is 24.6. The molecule has 0 aromatic heterocycles. The lowest BCUT2D eigenvalue weighted by Crippen LogP contribution is -2.45. The average Bonchev–Trinajstić information content (AvgIpc) is 3.12. The number of phosphoric ester groups is 1. The number of likely N-dealkylation sites (N-methyl/N-ethyl adjacent to an activating group) is 1. The van der Waals surface area contributed by atoms with Gasteiger partial charge in [0.25, 0.3) is 0 Å². The summed E-state index contributed by atoms with van der Waals surface area (Å²) in [7, 11) is 1.58. The highest BCUT2D eigenvalue weighted by Crippen LogP contribution is 2.43. The molecule has 0 radical (unpaired) electrons. The monoisotopic (exact) mass is 788 g/mol. The summed E-state index contributed by atoms with van der Waals surface area (Å²) in [4.78, 5) is 23.1. The van der Waals surface area contributed by atoms with Crippen LogP contribution in [0.4, 0.5) is 0 Å². The Labute approximate surface area is 335 Å². The second-order valence-corrected chi connectivity index (χ2v) is 18.6. The quantitative estimate of drug-likeness (QED) is 0.0246. The number of hydrogen-bond acceptors (Lipinski definition) is 5. The van der Waals surface area contributed by atoms with Crippen molar-refractivity contribution in [2.75, 3.05) is 40.9 Å². The number of quaternary nitrogens is 1. The fourth-order valence-corrected chi connectivity index (χ4v) is 7.54. The van der Waals surface area contributed by atoms with Gasteiger partial charge in [0, 0.05) is 6.42 Å². The zero-order valence-electron chi connectivity index (χ0n) is 36.5. The summed E-state index contributed by atoms with van der Waals surface area (Å²) in [6.45, 7) is 4.83. The maximum atomic E-state index is 12.9. The number of amides is 1. The van der Waals surface area contributed by atoms with Crippen LogP contribution in [0.3, 0.4) is 0 Å². The average molecular weight is 788 g/mol. The van der Waals surface area contributed by atoms with Gasteiger partial charge in [-0.1, -0.05) is 206 Å². The number of aliphatic hydroxyl groups is 1. The molecule has 1 unspecified atom stereocenters. The van der Waals surface area contributed by atoms with Gasteiger partial charge in [-0.3, -0.25) is 13.8 Å². The minimum atomic E-state index is -4.33. The van der Waals surface area contributed by atoms with E-state index in [2.05, 4.69) is 19.2 Å². The van der Waals surface area contributed by atoms with Crippen molar-refractivity contribution in [3.63, 3.8) is 0 Å². The van der Waals surface area contributed by atoms with Crippen LogP contribution in [0.1, 0.15) is 219 Å². The number of aliphatic hydroxyl groups excluding tert-OH is 1. The largest absolute Gasteiger partial charge is 0.472 e. The van der Waals surface area contributed by atoms with Crippen molar-refractivity contribution in [1.29, 1.82) is 0 Å². The van der Waals surface area contributed by atoms with Crippen LogP contribution in [0.25, 0.3) is 0 Å². The molecule has 3 atom stereocenters. The predicted octanol–water partition coefficient (Wildman–Crippen LogP) is 12.8. The van der Waals surface area contributed by atoms with E-state index in [-0.39, 0.29) is 19.1 Å². The third kappa shape index (κ3) is 39.5. The van der Waals surface area contributed by atoms with Crippen molar-refractivity contribution in [2.24, 2.45) is 0 Å². The van der Waals surface area contributed by atoms with Crippen LogP contribution in [0, 0.1) is 0 Å². The number of carbonyl (C=O) groups excluding carboxylic acids is 1. The number of carbonyl (C=O) groups is 1. The first-order chi connectivity index (χ1) is 26.0.